The molecule has 0 aliphatic rings. The first kappa shape index (κ1) is 71.3. The van der Waals surface area contributed by atoms with Crippen LogP contribution in [-0.2, 0) is 85.7 Å². The summed E-state index contributed by atoms with van der Waals surface area (Å²) >= 11 is 0. The molecular formula is C44H37N11O30S8. The maximum Gasteiger partial charge on any atom is 0.297 e. The first-order valence-electron chi connectivity index (χ1n) is 23.9. The van der Waals surface area contributed by atoms with E-state index in [1.807, 2.05) is 0 Å². The van der Waals surface area contributed by atoms with Crippen LogP contribution >= 0.6 is 0 Å². The number of azo groups is 4. The SMILES string of the molecule is CC(=O)Nc1cc(C)c(N=Nc2cc(S(=O)(=O)O)c(N=Nc3c(S(=O)(=O)O)cc4c(S(=O)(=O)O)c(N=Nc5cc(S(=O)(=O)O)c6cc(S(=O)(=O)O)c(N=Nc7ccc([N+](=O)[O-])cc7S(=O)(=O)O)c(O)c6c5N)ccc4c3O)cc2S(=O)(=O)O)cc1OCCCS(=O)(=O)O. The van der Waals surface area contributed by atoms with Crippen LogP contribution in [0.25, 0.3) is 21.5 Å². The van der Waals surface area contributed by atoms with Crippen molar-refractivity contribution >= 4 is 171 Å². The maximum absolute atomic E-state index is 13.2. The summed E-state index contributed by atoms with van der Waals surface area (Å²) in [5.74, 6) is -4.76. The molecule has 7 aromatic rings. The molecule has 0 saturated heterocycles. The fourth-order valence-corrected chi connectivity index (χ4v) is 13.4. The molecule has 1 amide bonds. The average molecular weight is 1460 g/mol. The number of hydrogen-bond acceptors (Lipinski definition) is 31. The number of nitrogens with zero attached hydrogens (tertiary/aromatic N) is 9. The molecule has 0 spiro atoms. The summed E-state index contributed by atoms with van der Waals surface area (Å²) in [6, 6.07) is 5.96. The number of non-ortho nitro benzene ring substituents is 1. The molecule has 41 nitrogen and oxygen atoms in total. The van der Waals surface area contributed by atoms with Crippen molar-refractivity contribution in [1.29, 1.82) is 0 Å². The zero-order valence-corrected chi connectivity index (χ0v) is 52.1. The summed E-state index contributed by atoms with van der Waals surface area (Å²) < 4.78 is 287. The van der Waals surface area contributed by atoms with Crippen LogP contribution in [0, 0.1) is 17.0 Å². The van der Waals surface area contributed by atoms with Gasteiger partial charge in [0.25, 0.3) is 86.6 Å². The summed E-state index contributed by atoms with van der Waals surface area (Å²) in [5.41, 5.74) is -4.52. The summed E-state index contributed by atoms with van der Waals surface area (Å²) in [6.45, 7) is 2.07. The van der Waals surface area contributed by atoms with Gasteiger partial charge in [-0.05, 0) is 73.5 Å². The van der Waals surface area contributed by atoms with E-state index < -0.39 is 223 Å². The van der Waals surface area contributed by atoms with Gasteiger partial charge < -0.3 is 26.0 Å². The highest BCUT2D eigenvalue weighted by Crippen LogP contribution is 2.51. The van der Waals surface area contributed by atoms with Crippen molar-refractivity contribution in [2.24, 2.45) is 40.9 Å². The minimum Gasteiger partial charge on any atom is -0.505 e. The zero-order valence-electron chi connectivity index (χ0n) is 45.6. The predicted molar refractivity (Wildman–Crippen MR) is 313 cm³/mol. The van der Waals surface area contributed by atoms with E-state index in [1.165, 1.54) is 13.0 Å². The Bertz CT molecular complexity index is 5540. The smallest absolute Gasteiger partial charge is 0.297 e. The Kier molecular flexibility index (Phi) is 19.4. The van der Waals surface area contributed by atoms with E-state index in [-0.39, 0.29) is 65.5 Å². The predicted octanol–water partition coefficient (Wildman–Crippen LogP) is 7.21. The van der Waals surface area contributed by atoms with Crippen molar-refractivity contribution in [3.63, 3.8) is 0 Å². The number of nitro groups is 1. The standard InChI is InChI=1S/C44H37N11O30S8/c1-18-10-27(46-19(2)56)31(85-8-3-9-86(61,62)63)14-26(18)49-50-28-15-35(90(73,74)75)29(16-34(28)89(70,71)72)51-53-40-36(91(76,77)78)12-22-21(42(40)57)5-7-25(44(22)93(82,83)84)48-52-30-17-32(87(64,65)66)23-13-37(92(79,80)81)41(43(58)38(23)39(30)45)54-47-24-6-4-20(55(59)60)11-33(24)88(67,68)69/h4-7,10-17,57-58H,3,8-9,45H2,1-2H3,(H,46,56)(H,61,62,63)(H,64,65,66)(H,67,68,69)(H,70,71,72)(H,73,74,75)(H,76,77,78)(H,79,80,81)(H,82,83,84). The molecule has 7 aromatic carbocycles. The number of nitro benzene ring substituents is 1. The second kappa shape index (κ2) is 25.4. The van der Waals surface area contributed by atoms with Crippen molar-refractivity contribution in [3.8, 4) is 17.2 Å². The normalized spacial score (nSPS) is 13.3. The molecule has 0 aromatic heterocycles. The number of phenolic OH excluding ortho intramolecular Hbond substituents is 2. The molecule has 93 heavy (non-hydrogen) atoms. The third-order valence-corrected chi connectivity index (χ3v) is 19.1. The summed E-state index contributed by atoms with van der Waals surface area (Å²) in [7, 11) is -44.4. The van der Waals surface area contributed by atoms with E-state index in [1.54, 1.807) is 0 Å². The number of rotatable bonds is 22. The Morgan fingerprint density at radius 1 is 0.505 bits per heavy atom. The highest BCUT2D eigenvalue weighted by Gasteiger charge is 2.32. The van der Waals surface area contributed by atoms with Crippen LogP contribution in [0.4, 0.5) is 62.6 Å². The molecule has 13 N–H and O–H groups in total. The van der Waals surface area contributed by atoms with Crippen molar-refractivity contribution in [1.82, 2.24) is 0 Å². The number of nitrogens with one attached hydrogen (secondary N) is 1. The number of amides is 1. The van der Waals surface area contributed by atoms with E-state index in [0.29, 0.717) is 24.3 Å². The number of fused-ring (bicyclic) bond motifs is 2. The van der Waals surface area contributed by atoms with Crippen LogP contribution in [0.1, 0.15) is 18.9 Å². The minimum absolute atomic E-state index is 0.0232. The second-order valence-electron chi connectivity index (χ2n) is 18.5. The minimum atomic E-state index is -5.91. The second-order valence-corrected chi connectivity index (χ2v) is 29.8. The van der Waals surface area contributed by atoms with Gasteiger partial charge >= 0.3 is 0 Å². The third kappa shape index (κ3) is 16.2. The Balaban J connectivity index is 1.39. The van der Waals surface area contributed by atoms with Gasteiger partial charge in [0.2, 0.25) is 5.91 Å². The molecular weight excluding hydrogens is 1420 g/mol. The molecule has 49 heteroatoms. The number of hydrogen-bond donors (Lipinski definition) is 12. The van der Waals surface area contributed by atoms with Crippen LogP contribution in [-0.4, -0.2) is 137 Å². The average Bonchev–Trinajstić information content (AvgIpc) is 0.746. The Labute approximate surface area is 520 Å². The molecule has 0 atom stereocenters. The highest BCUT2D eigenvalue weighted by molar-refractivity contribution is 7.88. The lowest BCUT2D eigenvalue weighted by molar-refractivity contribution is -0.385. The third-order valence-electron chi connectivity index (χ3n) is 12.1. The van der Waals surface area contributed by atoms with Gasteiger partial charge in [0, 0.05) is 41.3 Å². The Hall–Kier alpha value is -9.19. The lowest BCUT2D eigenvalue weighted by Gasteiger charge is -2.15. The van der Waals surface area contributed by atoms with E-state index in [9.17, 15) is 124 Å². The Morgan fingerprint density at radius 2 is 0.946 bits per heavy atom. The maximum atomic E-state index is 13.2. The van der Waals surface area contributed by atoms with E-state index in [0.717, 1.165) is 13.0 Å². The van der Waals surface area contributed by atoms with Gasteiger partial charge in [0.15, 0.2) is 11.5 Å². The monoisotopic (exact) mass is 1450 g/mol. The molecule has 0 aliphatic heterocycles. The van der Waals surface area contributed by atoms with Crippen LogP contribution in [0.3, 0.4) is 0 Å². The first-order chi connectivity index (χ1) is 42.5. The number of aryl methyl sites for hydroxylation is 1. The number of aromatic hydroxyl groups is 2. The number of benzene rings is 7. The van der Waals surface area contributed by atoms with Gasteiger partial charge in [-0.15, -0.1) is 35.8 Å². The largest absolute Gasteiger partial charge is 0.505 e. The van der Waals surface area contributed by atoms with Gasteiger partial charge in [-0.1, -0.05) is 0 Å². The summed E-state index contributed by atoms with van der Waals surface area (Å²) in [4.78, 5) is 11.6. The summed E-state index contributed by atoms with van der Waals surface area (Å²) in [5, 5.41) is 60.7. The molecule has 7 rings (SSSR count). The fraction of sp³-hybridized carbons (Fsp3) is 0.114. The Morgan fingerprint density at radius 3 is 1.44 bits per heavy atom. The molecule has 496 valence electrons. The molecule has 0 heterocycles. The number of phenols is 2. The summed E-state index contributed by atoms with van der Waals surface area (Å²) in [6.07, 6.45) is -0.284. The lowest BCUT2D eigenvalue weighted by atomic mass is 10.0. The topological polar surface area (TPSA) is 682 Å². The number of anilines is 2. The van der Waals surface area contributed by atoms with Gasteiger partial charge in [-0.25, -0.2) is 0 Å². The highest BCUT2D eigenvalue weighted by atomic mass is 32.2. The van der Waals surface area contributed by atoms with E-state index in [4.69, 9.17) is 15.0 Å². The van der Waals surface area contributed by atoms with Gasteiger partial charge in [0.1, 0.15) is 79.8 Å². The van der Waals surface area contributed by atoms with Crippen LogP contribution in [0.2, 0.25) is 0 Å². The number of nitrogen functional groups attached to an aromatic ring is 1. The molecule has 0 saturated carbocycles. The van der Waals surface area contributed by atoms with Gasteiger partial charge in [0.05, 0.1) is 39.7 Å². The number of carbonyl (C=O) groups is 1. The van der Waals surface area contributed by atoms with Crippen LogP contribution in [0.15, 0.2) is 148 Å². The first-order valence-corrected chi connectivity index (χ1v) is 35.6. The quantitative estimate of drug-likeness (QED) is 0.00796. The van der Waals surface area contributed by atoms with Crippen molar-refractivity contribution < 1.29 is 128 Å². The fourth-order valence-electron chi connectivity index (χ4n) is 8.18. The van der Waals surface area contributed by atoms with Crippen molar-refractivity contribution in [3.05, 3.63) is 88.5 Å². The molecule has 0 unspecified atom stereocenters. The number of nitrogens with two attached hydrogens (primary N) is 1. The van der Waals surface area contributed by atoms with Gasteiger partial charge in [-0.3, -0.25) is 51.3 Å². The van der Waals surface area contributed by atoms with Crippen molar-refractivity contribution in [2.45, 2.75) is 54.5 Å². The molecule has 0 aliphatic carbocycles. The number of carbonyl (C=O) groups excluding carboxylic acids is 1. The van der Waals surface area contributed by atoms with E-state index in [2.05, 4.69) is 46.2 Å². The zero-order chi connectivity index (χ0) is 69.8. The van der Waals surface area contributed by atoms with Gasteiger partial charge in [-0.2, -0.15) is 72.5 Å². The molecule has 0 bridgehead atoms. The molecule has 0 radical (unpaired) electrons. The van der Waals surface area contributed by atoms with Crippen LogP contribution < -0.4 is 15.8 Å². The van der Waals surface area contributed by atoms with Crippen molar-refractivity contribution in [2.75, 3.05) is 23.4 Å². The lowest BCUT2D eigenvalue weighted by Crippen LogP contribution is -2.11. The van der Waals surface area contributed by atoms with Crippen LogP contribution in [0.5, 0.6) is 17.2 Å². The van der Waals surface area contributed by atoms with E-state index >= 15 is 0 Å². The number of ether oxygens (including phenoxy) is 1. The molecule has 0 fully saturated rings.